The summed E-state index contributed by atoms with van der Waals surface area (Å²) in [4.78, 5) is 15.8. The van der Waals surface area contributed by atoms with Gasteiger partial charge in [-0.2, -0.15) is 0 Å². The average molecular weight is 460 g/mol. The number of hydrogen-bond acceptors (Lipinski definition) is 3. The Balaban J connectivity index is 0.00000312. The van der Waals surface area contributed by atoms with E-state index in [9.17, 15) is 4.79 Å². The van der Waals surface area contributed by atoms with E-state index >= 15 is 0 Å². The predicted molar refractivity (Wildman–Crippen MR) is 112 cm³/mol. The van der Waals surface area contributed by atoms with Crippen LogP contribution in [0.2, 0.25) is 0 Å². The smallest absolute Gasteiger partial charge is 0.220 e. The summed E-state index contributed by atoms with van der Waals surface area (Å²) in [6.07, 6.45) is 1.37. The zero-order chi connectivity index (χ0) is 17.4. The molecule has 0 radical (unpaired) electrons. The van der Waals surface area contributed by atoms with E-state index in [-0.39, 0.29) is 42.0 Å². The molecule has 7 heteroatoms. The van der Waals surface area contributed by atoms with Crippen LogP contribution in [0.25, 0.3) is 0 Å². The van der Waals surface area contributed by atoms with Crippen molar-refractivity contribution in [3.63, 3.8) is 0 Å². The molecule has 25 heavy (non-hydrogen) atoms. The Bertz CT molecular complexity index is 553. The number of rotatable bonds is 6. The molecule has 1 amide bonds. The zero-order valence-corrected chi connectivity index (χ0v) is 17.5. The molecule has 1 aliphatic heterocycles. The second-order valence-corrected chi connectivity index (χ2v) is 6.15. The molecule has 2 unspecified atom stereocenters. The lowest BCUT2D eigenvalue weighted by Gasteiger charge is -2.25. The number of halogens is 1. The highest BCUT2D eigenvalue weighted by atomic mass is 127. The van der Waals surface area contributed by atoms with Gasteiger partial charge in [0.1, 0.15) is 11.9 Å². The molecule has 6 nitrogen and oxygen atoms in total. The number of hydrogen-bond donors (Lipinski definition) is 3. The summed E-state index contributed by atoms with van der Waals surface area (Å²) in [5, 5.41) is 9.48. The molecule has 1 aromatic carbocycles. The van der Waals surface area contributed by atoms with E-state index < -0.39 is 0 Å². The number of piperidine rings is 1. The molecular formula is C18H29IN4O2. The number of nitrogens with zero attached hydrogens (tertiary/aromatic N) is 1. The van der Waals surface area contributed by atoms with Gasteiger partial charge in [0.15, 0.2) is 5.96 Å². The van der Waals surface area contributed by atoms with Crippen molar-refractivity contribution in [2.24, 2.45) is 4.99 Å². The number of ether oxygens (including phenoxy) is 1. The van der Waals surface area contributed by atoms with Gasteiger partial charge in [-0.15, -0.1) is 24.0 Å². The number of guanidine groups is 1. The van der Waals surface area contributed by atoms with Crippen molar-refractivity contribution in [2.45, 2.75) is 45.8 Å². The monoisotopic (exact) mass is 460 g/mol. The zero-order valence-electron chi connectivity index (χ0n) is 15.2. The highest BCUT2D eigenvalue weighted by Crippen LogP contribution is 2.13. The number of amides is 1. The summed E-state index contributed by atoms with van der Waals surface area (Å²) in [6.45, 7) is 8.08. The molecule has 2 atom stereocenters. The van der Waals surface area contributed by atoms with Crippen LogP contribution >= 0.6 is 24.0 Å². The van der Waals surface area contributed by atoms with Gasteiger partial charge in [0.25, 0.3) is 0 Å². The molecule has 140 valence electrons. The maximum atomic E-state index is 11.2. The van der Waals surface area contributed by atoms with E-state index in [2.05, 4.69) is 27.9 Å². The van der Waals surface area contributed by atoms with Gasteiger partial charge in [0.05, 0.1) is 6.54 Å². The molecule has 0 aliphatic carbocycles. The lowest BCUT2D eigenvalue weighted by atomic mass is 10.1. The van der Waals surface area contributed by atoms with E-state index in [0.29, 0.717) is 19.5 Å². The molecular weight excluding hydrogens is 431 g/mol. The Labute approximate surface area is 167 Å². The van der Waals surface area contributed by atoms with E-state index in [0.717, 1.165) is 24.7 Å². The first kappa shape index (κ1) is 21.5. The maximum Gasteiger partial charge on any atom is 0.220 e. The van der Waals surface area contributed by atoms with Gasteiger partial charge in [-0.25, -0.2) is 4.99 Å². The minimum Gasteiger partial charge on any atom is -0.489 e. The normalized spacial score (nSPS) is 18.6. The fourth-order valence-corrected chi connectivity index (χ4v) is 2.48. The van der Waals surface area contributed by atoms with E-state index in [4.69, 9.17) is 4.74 Å². The number of carbonyl (C=O) groups is 1. The van der Waals surface area contributed by atoms with Crippen molar-refractivity contribution in [1.82, 2.24) is 16.0 Å². The van der Waals surface area contributed by atoms with Crippen LogP contribution in [0.4, 0.5) is 0 Å². The van der Waals surface area contributed by atoms with Crippen molar-refractivity contribution in [2.75, 3.05) is 19.6 Å². The van der Waals surface area contributed by atoms with Crippen LogP contribution in [0.15, 0.2) is 29.3 Å². The third kappa shape index (κ3) is 7.94. The molecule has 1 aromatic rings. The van der Waals surface area contributed by atoms with Crippen molar-refractivity contribution in [3.8, 4) is 5.75 Å². The minimum atomic E-state index is -0.0192. The van der Waals surface area contributed by atoms with Crippen LogP contribution in [0.3, 0.4) is 0 Å². The largest absolute Gasteiger partial charge is 0.489 e. The molecule has 0 saturated carbocycles. The van der Waals surface area contributed by atoms with Gasteiger partial charge in [-0.05, 0) is 39.3 Å². The summed E-state index contributed by atoms with van der Waals surface area (Å²) < 4.78 is 5.88. The van der Waals surface area contributed by atoms with Crippen LogP contribution in [-0.2, 0) is 4.79 Å². The summed E-state index contributed by atoms with van der Waals surface area (Å²) in [5.74, 6) is 1.74. The van der Waals surface area contributed by atoms with E-state index in [1.807, 2.05) is 38.1 Å². The average Bonchev–Trinajstić information content (AvgIpc) is 2.57. The molecule has 1 aliphatic rings. The van der Waals surface area contributed by atoms with Gasteiger partial charge in [-0.3, -0.25) is 4.79 Å². The Morgan fingerprint density at radius 3 is 2.72 bits per heavy atom. The van der Waals surface area contributed by atoms with Crippen LogP contribution in [0.1, 0.15) is 32.3 Å². The quantitative estimate of drug-likeness (QED) is 0.346. The van der Waals surface area contributed by atoms with Crippen LogP contribution in [0, 0.1) is 6.92 Å². The number of nitrogens with one attached hydrogen (secondary N) is 3. The van der Waals surface area contributed by atoms with Crippen LogP contribution < -0.4 is 20.7 Å². The van der Waals surface area contributed by atoms with Gasteiger partial charge >= 0.3 is 0 Å². The summed E-state index contributed by atoms with van der Waals surface area (Å²) in [7, 11) is 0. The third-order valence-electron chi connectivity index (χ3n) is 3.82. The molecule has 0 bridgehead atoms. The van der Waals surface area contributed by atoms with E-state index in [1.54, 1.807) is 0 Å². The number of aryl methyl sites for hydroxylation is 1. The Morgan fingerprint density at radius 2 is 2.12 bits per heavy atom. The number of carbonyl (C=O) groups excluding carboxylic acids is 1. The fourth-order valence-electron chi connectivity index (χ4n) is 2.48. The van der Waals surface area contributed by atoms with Gasteiger partial charge in [0, 0.05) is 25.6 Å². The SMILES string of the molecule is CCNC(=NCC(C)Oc1ccc(C)cc1)NC1CCC(=O)NC1.I. The maximum absolute atomic E-state index is 11.2. The summed E-state index contributed by atoms with van der Waals surface area (Å²) in [5.41, 5.74) is 1.21. The fraction of sp³-hybridized carbons (Fsp3) is 0.556. The highest BCUT2D eigenvalue weighted by molar-refractivity contribution is 14.0. The Hall–Kier alpha value is -1.51. The lowest BCUT2D eigenvalue weighted by molar-refractivity contribution is -0.122. The highest BCUT2D eigenvalue weighted by Gasteiger charge is 2.18. The summed E-state index contributed by atoms with van der Waals surface area (Å²) >= 11 is 0. The van der Waals surface area contributed by atoms with E-state index in [1.165, 1.54) is 5.56 Å². The van der Waals surface area contributed by atoms with Crippen LogP contribution in [-0.4, -0.2) is 43.6 Å². The topological polar surface area (TPSA) is 74.8 Å². The first-order valence-electron chi connectivity index (χ1n) is 8.61. The Kier molecular flexibility index (Phi) is 9.62. The van der Waals surface area contributed by atoms with Crippen molar-refractivity contribution >= 4 is 35.8 Å². The second kappa shape index (κ2) is 11.2. The predicted octanol–water partition coefficient (Wildman–Crippen LogP) is 2.21. The van der Waals surface area contributed by atoms with Crippen LogP contribution in [0.5, 0.6) is 5.75 Å². The molecule has 1 saturated heterocycles. The minimum absolute atomic E-state index is 0. The molecule has 2 rings (SSSR count). The Morgan fingerprint density at radius 1 is 1.40 bits per heavy atom. The first-order valence-corrected chi connectivity index (χ1v) is 8.61. The second-order valence-electron chi connectivity index (χ2n) is 6.15. The molecule has 0 aromatic heterocycles. The molecule has 3 N–H and O–H groups in total. The third-order valence-corrected chi connectivity index (χ3v) is 3.82. The molecule has 1 heterocycles. The first-order chi connectivity index (χ1) is 11.6. The molecule has 0 spiro atoms. The number of aliphatic imine (C=N–C) groups is 1. The lowest BCUT2D eigenvalue weighted by Crippen LogP contribution is -2.51. The van der Waals surface area contributed by atoms with Crippen molar-refractivity contribution in [3.05, 3.63) is 29.8 Å². The van der Waals surface area contributed by atoms with Gasteiger partial charge in [-0.1, -0.05) is 17.7 Å². The van der Waals surface area contributed by atoms with Crippen molar-refractivity contribution < 1.29 is 9.53 Å². The van der Waals surface area contributed by atoms with Crippen molar-refractivity contribution in [1.29, 1.82) is 0 Å². The van der Waals surface area contributed by atoms with Gasteiger partial charge < -0.3 is 20.7 Å². The van der Waals surface area contributed by atoms with Gasteiger partial charge in [0.2, 0.25) is 5.91 Å². The summed E-state index contributed by atoms with van der Waals surface area (Å²) in [6, 6.07) is 8.24. The molecule has 1 fully saturated rings. The standard InChI is InChI=1S/C18H28N4O2.HI/c1-4-19-18(22-15-7-10-17(23)20-12-15)21-11-14(3)24-16-8-5-13(2)6-9-16;/h5-6,8-9,14-15H,4,7,10-12H2,1-3H3,(H,20,23)(H2,19,21,22);1H. The number of benzene rings is 1.